The number of halogens is 2. The average Bonchev–Trinajstić information content (AvgIpc) is 3.24. The molecule has 1 saturated heterocycles. The van der Waals surface area contributed by atoms with Gasteiger partial charge in [-0.2, -0.15) is 5.10 Å². The second kappa shape index (κ2) is 9.82. The first-order valence-electron chi connectivity index (χ1n) is 8.06. The maximum absolute atomic E-state index is 12.3. The summed E-state index contributed by atoms with van der Waals surface area (Å²) in [6.07, 6.45) is 5.24. The molecule has 1 amide bonds. The van der Waals surface area contributed by atoms with Crippen LogP contribution in [0.1, 0.15) is 41.9 Å². The number of amides is 1. The number of nitrogens with zero attached hydrogens (tertiary/aromatic N) is 3. The van der Waals surface area contributed by atoms with Crippen LogP contribution in [-0.4, -0.2) is 40.2 Å². The topological polar surface area (TPSA) is 89.3 Å². The molecule has 1 aliphatic rings. The predicted molar refractivity (Wildman–Crippen MR) is 102 cm³/mol. The standard InChI is InChI=1S/C16H23N5O2.2ClH/c1-2-20-7-4-13(5-8-20)21-15(3-6-18-21)19-16(22)12-9-14(10-17)23-11-12;;/h3,6,9,11,13H,2,4-5,7-8,10,17H2,1H3,(H,19,22);2*1H. The molecule has 7 nitrogen and oxygen atoms in total. The van der Waals surface area contributed by atoms with Crippen LogP contribution in [0.4, 0.5) is 5.82 Å². The second-order valence-electron chi connectivity index (χ2n) is 5.79. The van der Waals surface area contributed by atoms with Crippen molar-refractivity contribution < 1.29 is 9.21 Å². The molecular formula is C16H25Cl2N5O2. The van der Waals surface area contributed by atoms with E-state index in [2.05, 4.69) is 22.2 Å². The fourth-order valence-electron chi connectivity index (χ4n) is 2.98. The zero-order valence-corrected chi connectivity index (χ0v) is 15.8. The van der Waals surface area contributed by atoms with Crippen LogP contribution in [-0.2, 0) is 6.54 Å². The maximum Gasteiger partial charge on any atom is 0.260 e. The molecule has 0 atom stereocenters. The summed E-state index contributed by atoms with van der Waals surface area (Å²) in [5.41, 5.74) is 5.97. The molecule has 3 heterocycles. The lowest BCUT2D eigenvalue weighted by atomic mass is 10.1. The van der Waals surface area contributed by atoms with Crippen LogP contribution in [0, 0.1) is 0 Å². The molecule has 0 aliphatic carbocycles. The summed E-state index contributed by atoms with van der Waals surface area (Å²) in [5.74, 6) is 1.11. The first-order chi connectivity index (χ1) is 11.2. The third-order valence-corrected chi connectivity index (χ3v) is 4.38. The van der Waals surface area contributed by atoms with E-state index in [1.807, 2.05) is 10.7 Å². The zero-order chi connectivity index (χ0) is 16.2. The number of aromatic nitrogens is 2. The molecule has 0 saturated carbocycles. The van der Waals surface area contributed by atoms with Gasteiger partial charge >= 0.3 is 0 Å². The molecule has 0 unspecified atom stereocenters. The van der Waals surface area contributed by atoms with Crippen LogP contribution in [0.25, 0.3) is 0 Å². The third-order valence-electron chi connectivity index (χ3n) is 4.38. The van der Waals surface area contributed by atoms with Gasteiger partial charge in [0.2, 0.25) is 0 Å². The number of hydrogen-bond donors (Lipinski definition) is 2. The smallest absolute Gasteiger partial charge is 0.260 e. The van der Waals surface area contributed by atoms with E-state index in [-0.39, 0.29) is 37.3 Å². The molecule has 0 radical (unpaired) electrons. The highest BCUT2D eigenvalue weighted by Gasteiger charge is 2.22. The Bertz CT molecular complexity index is 665. The molecule has 1 aliphatic heterocycles. The molecular weight excluding hydrogens is 365 g/mol. The normalized spacial score (nSPS) is 15.3. The molecule has 0 aromatic carbocycles. The Kier molecular flexibility index (Phi) is 8.44. The molecule has 0 bridgehead atoms. The minimum Gasteiger partial charge on any atom is -0.467 e. The lowest BCUT2D eigenvalue weighted by molar-refractivity contribution is 0.102. The Morgan fingerprint density at radius 3 is 2.72 bits per heavy atom. The van der Waals surface area contributed by atoms with E-state index in [1.165, 1.54) is 6.26 Å². The summed E-state index contributed by atoms with van der Waals surface area (Å²) in [6.45, 7) is 5.67. The molecule has 1 fully saturated rings. The molecule has 2 aromatic heterocycles. The molecule has 3 N–H and O–H groups in total. The maximum atomic E-state index is 12.3. The number of anilines is 1. The van der Waals surface area contributed by atoms with Crippen LogP contribution in [0.5, 0.6) is 0 Å². The van der Waals surface area contributed by atoms with Gasteiger partial charge in [0.05, 0.1) is 24.3 Å². The van der Waals surface area contributed by atoms with E-state index in [9.17, 15) is 4.79 Å². The Balaban J connectivity index is 0.00000156. The summed E-state index contributed by atoms with van der Waals surface area (Å²) in [6, 6.07) is 3.82. The fourth-order valence-corrected chi connectivity index (χ4v) is 2.98. The average molecular weight is 390 g/mol. The third kappa shape index (κ3) is 4.98. The van der Waals surface area contributed by atoms with E-state index in [0.717, 1.165) is 38.3 Å². The van der Waals surface area contributed by atoms with Crippen LogP contribution < -0.4 is 11.1 Å². The highest BCUT2D eigenvalue weighted by atomic mass is 35.5. The van der Waals surface area contributed by atoms with Crippen LogP contribution in [0.15, 0.2) is 29.0 Å². The van der Waals surface area contributed by atoms with Gasteiger partial charge in [-0.1, -0.05) is 6.92 Å². The van der Waals surface area contributed by atoms with Crippen molar-refractivity contribution in [3.63, 3.8) is 0 Å². The number of piperidine rings is 1. The van der Waals surface area contributed by atoms with E-state index in [1.54, 1.807) is 12.3 Å². The van der Waals surface area contributed by atoms with Gasteiger partial charge < -0.3 is 20.4 Å². The Morgan fingerprint density at radius 1 is 1.40 bits per heavy atom. The molecule has 140 valence electrons. The lowest BCUT2D eigenvalue weighted by Crippen LogP contribution is -2.35. The largest absolute Gasteiger partial charge is 0.467 e. The van der Waals surface area contributed by atoms with E-state index < -0.39 is 0 Å². The lowest BCUT2D eigenvalue weighted by Gasteiger charge is -2.31. The van der Waals surface area contributed by atoms with Gasteiger partial charge in [-0.15, -0.1) is 24.8 Å². The molecule has 9 heteroatoms. The van der Waals surface area contributed by atoms with Gasteiger partial charge in [-0.3, -0.25) is 4.79 Å². The van der Waals surface area contributed by atoms with Gasteiger partial charge in [0.15, 0.2) is 0 Å². The number of furan rings is 1. The number of carbonyl (C=O) groups is 1. The second-order valence-corrected chi connectivity index (χ2v) is 5.79. The van der Waals surface area contributed by atoms with Gasteiger partial charge in [0.1, 0.15) is 17.8 Å². The summed E-state index contributed by atoms with van der Waals surface area (Å²) in [7, 11) is 0. The number of nitrogens with two attached hydrogens (primary N) is 1. The van der Waals surface area contributed by atoms with Gasteiger partial charge in [0, 0.05) is 19.2 Å². The van der Waals surface area contributed by atoms with Gasteiger partial charge in [-0.05, 0) is 25.5 Å². The number of likely N-dealkylation sites (tertiary alicyclic amines) is 1. The van der Waals surface area contributed by atoms with Crippen molar-refractivity contribution in [1.29, 1.82) is 0 Å². The minimum atomic E-state index is -0.207. The molecule has 0 spiro atoms. The Hall–Kier alpha value is -1.54. The summed E-state index contributed by atoms with van der Waals surface area (Å²) in [5, 5.41) is 7.31. The zero-order valence-electron chi connectivity index (χ0n) is 14.2. The quantitative estimate of drug-likeness (QED) is 0.820. The number of nitrogens with one attached hydrogen (secondary N) is 1. The van der Waals surface area contributed by atoms with E-state index in [4.69, 9.17) is 10.2 Å². The first kappa shape index (κ1) is 21.5. The summed E-state index contributed by atoms with van der Waals surface area (Å²) >= 11 is 0. The van der Waals surface area contributed by atoms with Gasteiger partial charge in [0.25, 0.3) is 5.91 Å². The minimum absolute atomic E-state index is 0. The molecule has 25 heavy (non-hydrogen) atoms. The van der Waals surface area contributed by atoms with Crippen molar-refractivity contribution in [2.24, 2.45) is 5.73 Å². The van der Waals surface area contributed by atoms with E-state index in [0.29, 0.717) is 17.4 Å². The van der Waals surface area contributed by atoms with Crippen LogP contribution in [0.2, 0.25) is 0 Å². The monoisotopic (exact) mass is 389 g/mol. The van der Waals surface area contributed by atoms with E-state index >= 15 is 0 Å². The van der Waals surface area contributed by atoms with Crippen molar-refractivity contribution in [3.8, 4) is 0 Å². The van der Waals surface area contributed by atoms with Crippen molar-refractivity contribution >= 4 is 36.5 Å². The van der Waals surface area contributed by atoms with Crippen molar-refractivity contribution in [2.75, 3.05) is 25.0 Å². The Morgan fingerprint density at radius 2 is 2.12 bits per heavy atom. The number of hydrogen-bond acceptors (Lipinski definition) is 5. The number of rotatable bonds is 5. The van der Waals surface area contributed by atoms with Crippen LogP contribution in [0.3, 0.4) is 0 Å². The van der Waals surface area contributed by atoms with Gasteiger partial charge in [-0.25, -0.2) is 4.68 Å². The molecule has 3 rings (SSSR count). The Labute approximate surface area is 159 Å². The first-order valence-corrected chi connectivity index (χ1v) is 8.06. The number of carbonyl (C=O) groups excluding carboxylic acids is 1. The highest BCUT2D eigenvalue weighted by molar-refractivity contribution is 6.03. The SMILES string of the molecule is CCN1CCC(n2nccc2NC(=O)c2coc(CN)c2)CC1.Cl.Cl. The predicted octanol–water partition coefficient (Wildman–Crippen LogP) is 2.69. The fraction of sp³-hybridized carbons (Fsp3) is 0.500. The van der Waals surface area contributed by atoms with Crippen molar-refractivity contribution in [2.45, 2.75) is 32.4 Å². The van der Waals surface area contributed by atoms with Crippen LogP contribution >= 0.6 is 24.8 Å². The summed E-state index contributed by atoms with van der Waals surface area (Å²) in [4.78, 5) is 14.7. The molecule has 2 aromatic rings. The summed E-state index contributed by atoms with van der Waals surface area (Å²) < 4.78 is 7.14. The van der Waals surface area contributed by atoms with Crippen molar-refractivity contribution in [3.05, 3.63) is 35.9 Å². The van der Waals surface area contributed by atoms with Crippen molar-refractivity contribution in [1.82, 2.24) is 14.7 Å². The highest BCUT2D eigenvalue weighted by Crippen LogP contribution is 2.25.